The first-order valence-corrected chi connectivity index (χ1v) is 7.20. The molecular weight excluding hydrogens is 246 g/mol. The summed E-state index contributed by atoms with van der Waals surface area (Å²) in [5.41, 5.74) is 1.28. The molecule has 0 spiro atoms. The summed E-state index contributed by atoms with van der Waals surface area (Å²) in [5.74, 6) is 1.45. The summed E-state index contributed by atoms with van der Waals surface area (Å²) >= 11 is 1.71. The van der Waals surface area contributed by atoms with Crippen LogP contribution in [-0.4, -0.2) is 16.7 Å². The van der Waals surface area contributed by atoms with Crippen LogP contribution in [0.15, 0.2) is 10.6 Å². The lowest BCUT2D eigenvalue weighted by molar-refractivity contribution is 0.367. The predicted octanol–water partition coefficient (Wildman–Crippen LogP) is 3.23. The molecule has 1 aliphatic rings. The molecule has 1 unspecified atom stereocenters. The van der Waals surface area contributed by atoms with E-state index in [0.29, 0.717) is 5.89 Å². The van der Waals surface area contributed by atoms with E-state index in [9.17, 15) is 0 Å². The molecule has 3 rings (SSSR count). The minimum atomic E-state index is 0.262. The number of rotatable bonds is 2. The molecule has 1 aliphatic heterocycles. The van der Waals surface area contributed by atoms with Gasteiger partial charge in [-0.1, -0.05) is 11.6 Å². The van der Waals surface area contributed by atoms with E-state index in [0.717, 1.165) is 23.7 Å². The van der Waals surface area contributed by atoms with Crippen molar-refractivity contribution in [3.05, 3.63) is 22.3 Å². The highest BCUT2D eigenvalue weighted by atomic mass is 32.1. The number of thiophene rings is 1. The highest BCUT2D eigenvalue weighted by molar-refractivity contribution is 7.15. The largest absolute Gasteiger partial charge is 0.333 e. The number of aryl methyl sites for hydroxylation is 2. The summed E-state index contributed by atoms with van der Waals surface area (Å²) < 4.78 is 5.38. The molecule has 0 amide bonds. The molecule has 1 fully saturated rings. The molecule has 0 saturated carbocycles. The van der Waals surface area contributed by atoms with Crippen LogP contribution in [0, 0.1) is 13.8 Å². The van der Waals surface area contributed by atoms with Crippen LogP contribution in [0.1, 0.15) is 41.6 Å². The van der Waals surface area contributed by atoms with Crippen LogP contribution >= 0.6 is 11.3 Å². The molecule has 0 aromatic carbocycles. The summed E-state index contributed by atoms with van der Waals surface area (Å²) in [6.45, 7) is 5.27. The van der Waals surface area contributed by atoms with Gasteiger partial charge in [0.2, 0.25) is 0 Å². The topological polar surface area (TPSA) is 51.0 Å². The van der Waals surface area contributed by atoms with Crippen molar-refractivity contribution in [2.24, 2.45) is 0 Å². The van der Waals surface area contributed by atoms with Crippen LogP contribution in [0.4, 0.5) is 0 Å². The Kier molecular flexibility index (Phi) is 3.18. The molecule has 0 radical (unpaired) electrons. The Morgan fingerprint density at radius 1 is 1.39 bits per heavy atom. The lowest BCUT2D eigenvalue weighted by Gasteiger charge is -2.19. The van der Waals surface area contributed by atoms with E-state index in [4.69, 9.17) is 4.52 Å². The monoisotopic (exact) mass is 263 g/mol. The quantitative estimate of drug-likeness (QED) is 0.903. The molecule has 5 heteroatoms. The molecule has 2 aromatic heterocycles. The maximum absolute atomic E-state index is 5.38. The highest BCUT2D eigenvalue weighted by Gasteiger charge is 2.21. The van der Waals surface area contributed by atoms with Crippen LogP contribution in [-0.2, 0) is 0 Å². The summed E-state index contributed by atoms with van der Waals surface area (Å²) in [4.78, 5) is 6.90. The predicted molar refractivity (Wildman–Crippen MR) is 71.7 cm³/mol. The lowest BCUT2D eigenvalue weighted by atomic mass is 10.0. The van der Waals surface area contributed by atoms with Crippen LogP contribution < -0.4 is 5.32 Å². The molecular formula is C13H17N3OS. The van der Waals surface area contributed by atoms with Gasteiger partial charge in [-0.05, 0) is 44.9 Å². The fraction of sp³-hybridized carbons (Fsp3) is 0.538. The number of piperidine rings is 1. The molecule has 1 atom stereocenters. The van der Waals surface area contributed by atoms with E-state index < -0.39 is 0 Å². The number of aromatic nitrogens is 2. The zero-order valence-electron chi connectivity index (χ0n) is 10.7. The fourth-order valence-corrected chi connectivity index (χ4v) is 3.18. The second-order valence-electron chi connectivity index (χ2n) is 4.81. The van der Waals surface area contributed by atoms with Gasteiger partial charge in [0.15, 0.2) is 5.82 Å². The highest BCUT2D eigenvalue weighted by Crippen LogP contribution is 2.30. The van der Waals surface area contributed by atoms with Gasteiger partial charge >= 0.3 is 0 Å². The number of hydrogen-bond acceptors (Lipinski definition) is 5. The minimum Gasteiger partial charge on any atom is -0.333 e. The minimum absolute atomic E-state index is 0.262. The van der Waals surface area contributed by atoms with Crippen molar-refractivity contribution in [1.29, 1.82) is 0 Å². The van der Waals surface area contributed by atoms with E-state index in [1.54, 1.807) is 11.3 Å². The molecule has 1 N–H and O–H groups in total. The van der Waals surface area contributed by atoms with E-state index in [2.05, 4.69) is 35.4 Å². The van der Waals surface area contributed by atoms with E-state index >= 15 is 0 Å². The van der Waals surface area contributed by atoms with Gasteiger partial charge in [-0.15, -0.1) is 11.3 Å². The first-order chi connectivity index (χ1) is 8.74. The summed E-state index contributed by atoms with van der Waals surface area (Å²) in [7, 11) is 0. The summed E-state index contributed by atoms with van der Waals surface area (Å²) in [5, 5.41) is 7.55. The van der Waals surface area contributed by atoms with Gasteiger partial charge < -0.3 is 9.84 Å². The molecule has 3 heterocycles. The van der Waals surface area contributed by atoms with Crippen LogP contribution in [0.25, 0.3) is 10.8 Å². The van der Waals surface area contributed by atoms with Gasteiger partial charge in [-0.25, -0.2) is 0 Å². The van der Waals surface area contributed by atoms with E-state index in [1.807, 2.05) is 0 Å². The average Bonchev–Trinajstić information content (AvgIpc) is 2.99. The van der Waals surface area contributed by atoms with Crippen molar-refractivity contribution in [3.63, 3.8) is 0 Å². The number of nitrogens with one attached hydrogen (secondary N) is 1. The molecule has 2 aromatic rings. The Labute approximate surface area is 110 Å². The van der Waals surface area contributed by atoms with Gasteiger partial charge in [0, 0.05) is 4.88 Å². The third-order valence-electron chi connectivity index (χ3n) is 3.44. The zero-order chi connectivity index (χ0) is 12.5. The van der Waals surface area contributed by atoms with Crippen LogP contribution in [0.3, 0.4) is 0 Å². The van der Waals surface area contributed by atoms with Crippen molar-refractivity contribution in [3.8, 4) is 10.8 Å². The third-order valence-corrected chi connectivity index (χ3v) is 4.58. The summed E-state index contributed by atoms with van der Waals surface area (Å²) in [6, 6.07) is 2.38. The van der Waals surface area contributed by atoms with E-state index in [1.165, 1.54) is 23.3 Å². The van der Waals surface area contributed by atoms with Gasteiger partial charge in [-0.2, -0.15) is 4.98 Å². The summed E-state index contributed by atoms with van der Waals surface area (Å²) in [6.07, 6.45) is 3.57. The third kappa shape index (κ3) is 2.20. The maximum atomic E-state index is 5.38. The molecule has 18 heavy (non-hydrogen) atoms. The maximum Gasteiger partial charge on any atom is 0.268 e. The van der Waals surface area contributed by atoms with Crippen molar-refractivity contribution < 1.29 is 4.52 Å². The van der Waals surface area contributed by atoms with E-state index in [-0.39, 0.29) is 6.04 Å². The Morgan fingerprint density at radius 2 is 2.28 bits per heavy atom. The second-order valence-corrected chi connectivity index (χ2v) is 6.07. The Hall–Kier alpha value is -1.20. The van der Waals surface area contributed by atoms with Crippen LogP contribution in [0.5, 0.6) is 0 Å². The molecule has 96 valence electrons. The fourth-order valence-electron chi connectivity index (χ4n) is 2.23. The smallest absolute Gasteiger partial charge is 0.268 e. The molecule has 4 nitrogen and oxygen atoms in total. The number of nitrogens with zero attached hydrogens (tertiary/aromatic N) is 2. The van der Waals surface area contributed by atoms with Gasteiger partial charge in [-0.3, -0.25) is 0 Å². The Balaban J connectivity index is 1.84. The molecule has 0 bridgehead atoms. The first-order valence-electron chi connectivity index (χ1n) is 6.38. The Morgan fingerprint density at radius 3 is 2.94 bits per heavy atom. The first kappa shape index (κ1) is 11.9. The van der Waals surface area contributed by atoms with Crippen molar-refractivity contribution in [1.82, 2.24) is 15.5 Å². The lowest BCUT2D eigenvalue weighted by Crippen LogP contribution is -2.27. The van der Waals surface area contributed by atoms with Crippen molar-refractivity contribution in [2.75, 3.05) is 6.54 Å². The number of hydrogen-bond donors (Lipinski definition) is 1. The standard InChI is InChI=1S/C13H17N3OS/c1-8-7-11(18-9(8)2)13-15-12(16-17-13)10-5-3-4-6-14-10/h7,10,14H,3-6H2,1-2H3. The molecule has 0 aliphatic carbocycles. The average molecular weight is 263 g/mol. The SMILES string of the molecule is Cc1cc(-c2nc(C3CCCCN3)no2)sc1C. The van der Waals surface area contributed by atoms with Crippen LogP contribution in [0.2, 0.25) is 0 Å². The molecule has 1 saturated heterocycles. The zero-order valence-corrected chi connectivity index (χ0v) is 11.5. The van der Waals surface area contributed by atoms with Gasteiger partial charge in [0.1, 0.15) is 0 Å². The normalized spacial score (nSPS) is 20.2. The second kappa shape index (κ2) is 4.82. The van der Waals surface area contributed by atoms with Crippen molar-refractivity contribution in [2.45, 2.75) is 39.2 Å². The Bertz CT molecular complexity index is 521. The van der Waals surface area contributed by atoms with Crippen molar-refractivity contribution >= 4 is 11.3 Å². The van der Waals surface area contributed by atoms with Gasteiger partial charge in [0.25, 0.3) is 5.89 Å². The van der Waals surface area contributed by atoms with Gasteiger partial charge in [0.05, 0.1) is 10.9 Å².